The highest BCUT2D eigenvalue weighted by molar-refractivity contribution is 5.22. The molecule has 3 unspecified atom stereocenters. The van der Waals surface area contributed by atoms with E-state index in [1.165, 1.54) is 31.4 Å². The van der Waals surface area contributed by atoms with Crippen LogP contribution in [0.1, 0.15) is 50.6 Å². The second kappa shape index (κ2) is 6.44. The Kier molecular flexibility index (Phi) is 4.88. The fourth-order valence-corrected chi connectivity index (χ4v) is 3.22. The van der Waals surface area contributed by atoms with Crippen molar-refractivity contribution in [1.29, 1.82) is 0 Å². The van der Waals surface area contributed by atoms with Gasteiger partial charge in [0.2, 0.25) is 0 Å². The van der Waals surface area contributed by atoms with Gasteiger partial charge in [-0.25, -0.2) is 8.78 Å². The molecule has 0 aromatic heterocycles. The fourth-order valence-electron chi connectivity index (χ4n) is 3.22. The average Bonchev–Trinajstić information content (AvgIpc) is 2.44. The second-order valence-electron chi connectivity index (χ2n) is 5.52. The molecular formula is C15H22F2N2. The van der Waals surface area contributed by atoms with Crippen molar-refractivity contribution in [3.63, 3.8) is 0 Å². The van der Waals surface area contributed by atoms with Crippen LogP contribution in [0, 0.1) is 23.5 Å². The van der Waals surface area contributed by atoms with Gasteiger partial charge < -0.3 is 0 Å². The van der Waals surface area contributed by atoms with Crippen LogP contribution < -0.4 is 11.3 Å². The molecule has 0 saturated heterocycles. The molecule has 2 rings (SSSR count). The summed E-state index contributed by atoms with van der Waals surface area (Å²) in [6.45, 7) is 2.20. The SMILES string of the molecule is CCC1CCCC(C(NN)c2ccc(F)c(F)c2)C1. The molecule has 106 valence electrons. The van der Waals surface area contributed by atoms with Gasteiger partial charge in [0.1, 0.15) is 0 Å². The first-order valence-electron chi connectivity index (χ1n) is 7.06. The summed E-state index contributed by atoms with van der Waals surface area (Å²) in [5, 5.41) is 0. The lowest BCUT2D eigenvalue weighted by Gasteiger charge is -2.34. The summed E-state index contributed by atoms with van der Waals surface area (Å²) < 4.78 is 26.3. The zero-order valence-corrected chi connectivity index (χ0v) is 11.3. The molecule has 3 N–H and O–H groups in total. The molecular weight excluding hydrogens is 246 g/mol. The molecule has 0 radical (unpaired) electrons. The topological polar surface area (TPSA) is 38.0 Å². The van der Waals surface area contributed by atoms with Crippen molar-refractivity contribution in [2.75, 3.05) is 0 Å². The van der Waals surface area contributed by atoms with E-state index in [0.717, 1.165) is 24.3 Å². The average molecular weight is 268 g/mol. The minimum atomic E-state index is -0.811. The molecule has 0 bridgehead atoms. The zero-order valence-electron chi connectivity index (χ0n) is 11.3. The van der Waals surface area contributed by atoms with E-state index < -0.39 is 11.6 Å². The lowest BCUT2D eigenvalue weighted by molar-refractivity contribution is 0.209. The van der Waals surface area contributed by atoms with Crippen molar-refractivity contribution in [1.82, 2.24) is 5.43 Å². The number of rotatable bonds is 4. The Balaban J connectivity index is 2.16. The van der Waals surface area contributed by atoms with Crippen molar-refractivity contribution in [3.8, 4) is 0 Å². The summed E-state index contributed by atoms with van der Waals surface area (Å²) in [4.78, 5) is 0. The molecule has 4 heteroatoms. The molecule has 19 heavy (non-hydrogen) atoms. The van der Waals surface area contributed by atoms with E-state index in [0.29, 0.717) is 5.92 Å². The van der Waals surface area contributed by atoms with Crippen LogP contribution in [0.25, 0.3) is 0 Å². The maximum atomic E-state index is 13.3. The number of hydrogen-bond donors (Lipinski definition) is 2. The van der Waals surface area contributed by atoms with Crippen LogP contribution in [0.3, 0.4) is 0 Å². The van der Waals surface area contributed by atoms with Crippen LogP contribution in [-0.2, 0) is 0 Å². The highest BCUT2D eigenvalue weighted by atomic mass is 19.2. The summed E-state index contributed by atoms with van der Waals surface area (Å²) in [6.07, 6.45) is 5.81. The Bertz CT molecular complexity index is 423. The van der Waals surface area contributed by atoms with Gasteiger partial charge in [0.25, 0.3) is 0 Å². The Morgan fingerprint density at radius 2 is 2.11 bits per heavy atom. The minimum Gasteiger partial charge on any atom is -0.271 e. The third-order valence-electron chi connectivity index (χ3n) is 4.35. The lowest BCUT2D eigenvalue weighted by Crippen LogP contribution is -2.36. The lowest BCUT2D eigenvalue weighted by atomic mass is 9.75. The van der Waals surface area contributed by atoms with Gasteiger partial charge in [-0.15, -0.1) is 0 Å². The zero-order chi connectivity index (χ0) is 13.8. The normalized spacial score (nSPS) is 25.3. The van der Waals surface area contributed by atoms with Gasteiger partial charge in [0, 0.05) is 6.04 Å². The van der Waals surface area contributed by atoms with Crippen LogP contribution in [0.2, 0.25) is 0 Å². The quantitative estimate of drug-likeness (QED) is 0.645. The third kappa shape index (κ3) is 3.31. The Morgan fingerprint density at radius 1 is 1.32 bits per heavy atom. The highest BCUT2D eigenvalue weighted by Gasteiger charge is 2.28. The van der Waals surface area contributed by atoms with E-state index in [2.05, 4.69) is 12.3 Å². The van der Waals surface area contributed by atoms with Gasteiger partial charge in [-0.2, -0.15) is 0 Å². The van der Waals surface area contributed by atoms with E-state index in [1.807, 2.05) is 0 Å². The summed E-state index contributed by atoms with van der Waals surface area (Å²) in [5.41, 5.74) is 3.53. The first-order valence-corrected chi connectivity index (χ1v) is 7.06. The van der Waals surface area contributed by atoms with Gasteiger partial charge in [0.15, 0.2) is 11.6 Å². The number of halogens is 2. The molecule has 2 nitrogen and oxygen atoms in total. The molecule has 0 amide bonds. The monoisotopic (exact) mass is 268 g/mol. The van der Waals surface area contributed by atoms with Crippen LogP contribution in [0.5, 0.6) is 0 Å². The molecule has 0 spiro atoms. The summed E-state index contributed by atoms with van der Waals surface area (Å²) in [6, 6.07) is 3.97. The van der Waals surface area contributed by atoms with Crippen LogP contribution in [0.4, 0.5) is 8.78 Å². The largest absolute Gasteiger partial charge is 0.271 e. The maximum Gasteiger partial charge on any atom is 0.159 e. The molecule has 1 aromatic carbocycles. The first kappa shape index (κ1) is 14.4. The second-order valence-corrected chi connectivity index (χ2v) is 5.52. The van der Waals surface area contributed by atoms with Crippen molar-refractivity contribution in [2.45, 2.75) is 45.1 Å². The van der Waals surface area contributed by atoms with Gasteiger partial charge in [-0.3, -0.25) is 11.3 Å². The molecule has 1 aliphatic rings. The van der Waals surface area contributed by atoms with E-state index >= 15 is 0 Å². The predicted octanol–water partition coefficient (Wildman–Crippen LogP) is 3.69. The summed E-state index contributed by atoms with van der Waals surface area (Å²) >= 11 is 0. The summed E-state index contributed by atoms with van der Waals surface area (Å²) in [5.74, 6) is 5.15. The molecule has 0 heterocycles. The van der Waals surface area contributed by atoms with Crippen molar-refractivity contribution in [2.24, 2.45) is 17.7 Å². The van der Waals surface area contributed by atoms with E-state index in [1.54, 1.807) is 6.07 Å². The smallest absolute Gasteiger partial charge is 0.159 e. The Hall–Kier alpha value is -1.00. The van der Waals surface area contributed by atoms with Crippen LogP contribution in [0.15, 0.2) is 18.2 Å². The van der Waals surface area contributed by atoms with Crippen molar-refractivity contribution >= 4 is 0 Å². The molecule has 1 aliphatic carbocycles. The van der Waals surface area contributed by atoms with E-state index in [9.17, 15) is 8.78 Å². The Morgan fingerprint density at radius 3 is 2.74 bits per heavy atom. The first-order chi connectivity index (χ1) is 9.15. The maximum absolute atomic E-state index is 13.3. The molecule has 1 aromatic rings. The van der Waals surface area contributed by atoms with Crippen LogP contribution in [-0.4, -0.2) is 0 Å². The summed E-state index contributed by atoms with van der Waals surface area (Å²) in [7, 11) is 0. The van der Waals surface area contributed by atoms with Crippen LogP contribution >= 0.6 is 0 Å². The van der Waals surface area contributed by atoms with E-state index in [-0.39, 0.29) is 6.04 Å². The van der Waals surface area contributed by atoms with Gasteiger partial charge in [-0.1, -0.05) is 32.3 Å². The number of nitrogens with one attached hydrogen (secondary N) is 1. The third-order valence-corrected chi connectivity index (χ3v) is 4.35. The number of nitrogens with two attached hydrogens (primary N) is 1. The van der Waals surface area contributed by atoms with E-state index in [4.69, 9.17) is 5.84 Å². The molecule has 0 aliphatic heterocycles. The molecule has 1 saturated carbocycles. The molecule has 1 fully saturated rings. The Labute approximate surface area is 113 Å². The standard InChI is InChI=1S/C15H22F2N2/c1-2-10-4-3-5-11(8-10)15(19-18)12-6-7-13(16)14(17)9-12/h6-7,9-11,15,19H,2-5,8,18H2,1H3. The number of hydrazine groups is 1. The van der Waals surface area contributed by atoms with Gasteiger partial charge >= 0.3 is 0 Å². The minimum absolute atomic E-state index is 0.0931. The van der Waals surface area contributed by atoms with Gasteiger partial charge in [-0.05, 0) is 42.4 Å². The highest BCUT2D eigenvalue weighted by Crippen LogP contribution is 2.38. The predicted molar refractivity (Wildman–Crippen MR) is 72.2 cm³/mol. The van der Waals surface area contributed by atoms with Crippen molar-refractivity contribution in [3.05, 3.63) is 35.4 Å². The van der Waals surface area contributed by atoms with Crippen molar-refractivity contribution < 1.29 is 8.78 Å². The van der Waals surface area contributed by atoms with Gasteiger partial charge in [0.05, 0.1) is 0 Å². The molecule has 3 atom stereocenters. The number of hydrogen-bond acceptors (Lipinski definition) is 2. The fraction of sp³-hybridized carbons (Fsp3) is 0.600. The number of benzene rings is 1.